The number of anilines is 1. The lowest BCUT2D eigenvalue weighted by atomic mass is 9.93. The molecular weight excluding hydrogens is 654 g/mol. The number of Topliss-reactive ketones (excluding diaryl/α,β-unsaturated/α-hetero) is 2. The van der Waals surface area contributed by atoms with Crippen molar-refractivity contribution in [2.45, 2.75) is 84.7 Å². The molecule has 272 valence electrons. The van der Waals surface area contributed by atoms with Crippen molar-refractivity contribution >= 4 is 34.8 Å². The maximum Gasteiger partial charge on any atom is 0.242 e. The number of hydrogen-bond acceptors (Lipinski definition) is 9. The van der Waals surface area contributed by atoms with E-state index in [0.29, 0.717) is 55.0 Å². The highest BCUT2D eigenvalue weighted by Gasteiger charge is 2.67. The van der Waals surface area contributed by atoms with E-state index in [0.717, 1.165) is 40.8 Å². The molecule has 0 bridgehead atoms. The molecule has 11 heteroatoms. The summed E-state index contributed by atoms with van der Waals surface area (Å²) in [6.07, 6.45) is 10.5. The smallest absolute Gasteiger partial charge is 0.242 e. The predicted octanol–water partition coefficient (Wildman–Crippen LogP) is 5.55. The molecule has 1 aromatic carbocycles. The largest absolute Gasteiger partial charge is 0.375 e. The fourth-order valence-electron chi connectivity index (χ4n) is 7.36. The van der Waals surface area contributed by atoms with Gasteiger partial charge in [-0.3, -0.25) is 29.6 Å². The molecule has 2 amide bonds. The molecule has 1 aliphatic carbocycles. The van der Waals surface area contributed by atoms with E-state index in [1.807, 2.05) is 32.0 Å². The number of aromatic nitrogens is 3. The van der Waals surface area contributed by atoms with E-state index in [2.05, 4.69) is 33.4 Å². The van der Waals surface area contributed by atoms with E-state index in [-0.39, 0.29) is 47.7 Å². The number of allylic oxidation sites excluding steroid dienone is 2. The number of carbonyl (C=O) groups is 4. The van der Waals surface area contributed by atoms with E-state index in [1.165, 1.54) is 6.92 Å². The summed E-state index contributed by atoms with van der Waals surface area (Å²) in [6, 6.07) is 6.65. The van der Waals surface area contributed by atoms with Crippen LogP contribution in [0.2, 0.25) is 0 Å². The van der Waals surface area contributed by atoms with Gasteiger partial charge in [0.15, 0.2) is 11.6 Å². The van der Waals surface area contributed by atoms with Gasteiger partial charge in [0.1, 0.15) is 11.5 Å². The second-order valence-electron chi connectivity index (χ2n) is 14.2. The lowest BCUT2D eigenvalue weighted by Crippen LogP contribution is -2.46. The zero-order valence-corrected chi connectivity index (χ0v) is 30.9. The average Bonchev–Trinajstić information content (AvgIpc) is 3.70. The molecule has 0 spiro atoms. The Morgan fingerprint density at radius 1 is 1.06 bits per heavy atom. The van der Waals surface area contributed by atoms with E-state index in [4.69, 9.17) is 5.41 Å². The zero-order valence-electron chi connectivity index (χ0n) is 30.9. The molecule has 0 unspecified atom stereocenters. The molecular formula is C41H49N7O4. The van der Waals surface area contributed by atoms with Gasteiger partial charge in [-0.1, -0.05) is 18.2 Å². The molecule has 5 rings (SSSR count). The zero-order chi connectivity index (χ0) is 37.7. The monoisotopic (exact) mass is 703 g/mol. The van der Waals surface area contributed by atoms with Crippen LogP contribution < -0.4 is 5.32 Å². The molecule has 11 nitrogen and oxygen atoms in total. The highest BCUT2D eigenvalue weighted by atomic mass is 16.2. The van der Waals surface area contributed by atoms with Gasteiger partial charge in [0.2, 0.25) is 11.8 Å². The van der Waals surface area contributed by atoms with Crippen molar-refractivity contribution in [1.29, 1.82) is 5.41 Å². The van der Waals surface area contributed by atoms with Gasteiger partial charge < -0.3 is 15.1 Å². The van der Waals surface area contributed by atoms with Crippen molar-refractivity contribution < 1.29 is 19.2 Å². The van der Waals surface area contributed by atoms with Crippen LogP contribution in [0.3, 0.4) is 0 Å². The first kappa shape index (κ1) is 37.9. The maximum atomic E-state index is 14.3. The molecule has 2 fully saturated rings. The topological polar surface area (TPSA) is 149 Å². The number of benzene rings is 1. The van der Waals surface area contributed by atoms with Crippen LogP contribution in [0.4, 0.5) is 5.69 Å². The van der Waals surface area contributed by atoms with Crippen LogP contribution in [-0.2, 0) is 32.0 Å². The van der Waals surface area contributed by atoms with Crippen LogP contribution >= 0.6 is 0 Å². The molecule has 1 saturated carbocycles. The number of piperidine rings is 1. The summed E-state index contributed by atoms with van der Waals surface area (Å²) in [5, 5.41) is 12.0. The van der Waals surface area contributed by atoms with Crippen LogP contribution in [0.5, 0.6) is 0 Å². The Morgan fingerprint density at radius 3 is 2.46 bits per heavy atom. The van der Waals surface area contributed by atoms with Gasteiger partial charge in [0.05, 0.1) is 24.7 Å². The standard InChI is InChI=1S/C41H49N7O4/c1-8-10-11-13-37(51)47(7)24-41-19-34(35(50)18-33-25(3)14-15-26(4)46-33)48(36(41)20-41)38(52)23-45-40-29(12-9-2)16-30(17-32(40)39(42)27(5)49)31-21-43-28(6)44-22-31/h8-9,14-17,21-22,34,36,42,45H,1-2,10-13,18-20,23-24H2,3-7H3/t34-,36-,41+/m1/s1. The van der Waals surface area contributed by atoms with Gasteiger partial charge in [-0.2, -0.15) is 0 Å². The molecule has 2 N–H and O–H groups in total. The summed E-state index contributed by atoms with van der Waals surface area (Å²) < 4.78 is 0. The van der Waals surface area contributed by atoms with Crippen LogP contribution in [0.1, 0.15) is 72.9 Å². The minimum Gasteiger partial charge on any atom is -0.375 e. The first-order valence-electron chi connectivity index (χ1n) is 17.8. The van der Waals surface area contributed by atoms with Crippen molar-refractivity contribution in [2.24, 2.45) is 5.41 Å². The normalized spacial score (nSPS) is 18.7. The Hall–Kier alpha value is -5.32. The molecule has 1 aliphatic heterocycles. The number of unbranched alkanes of at least 4 members (excludes halogenated alkanes) is 1. The molecule has 3 aromatic rings. The minimum absolute atomic E-state index is 0.0339. The number of rotatable bonds is 17. The third kappa shape index (κ3) is 8.25. The van der Waals surface area contributed by atoms with Gasteiger partial charge in [-0.15, -0.1) is 13.2 Å². The second kappa shape index (κ2) is 15.9. The molecule has 3 atom stereocenters. The third-order valence-corrected chi connectivity index (χ3v) is 10.3. The number of hydrogen-bond donors (Lipinski definition) is 2. The molecule has 2 aliphatic rings. The van der Waals surface area contributed by atoms with Crippen molar-refractivity contribution in [3.05, 3.63) is 95.9 Å². The number of aryl methyl sites for hydroxylation is 3. The van der Waals surface area contributed by atoms with Crippen molar-refractivity contribution in [1.82, 2.24) is 24.8 Å². The molecule has 3 heterocycles. The summed E-state index contributed by atoms with van der Waals surface area (Å²) in [7, 11) is 1.79. The lowest BCUT2D eigenvalue weighted by Gasteiger charge is -2.28. The van der Waals surface area contributed by atoms with Crippen molar-refractivity contribution in [3.8, 4) is 11.1 Å². The first-order valence-corrected chi connectivity index (χ1v) is 17.8. The van der Waals surface area contributed by atoms with Crippen LogP contribution in [0.15, 0.2) is 62.0 Å². The van der Waals surface area contributed by atoms with E-state index in [1.54, 1.807) is 54.4 Å². The highest BCUT2D eigenvalue weighted by molar-refractivity contribution is 6.45. The Bertz CT molecular complexity index is 1920. The fraction of sp³-hybridized carbons (Fsp3) is 0.415. The fourth-order valence-corrected chi connectivity index (χ4v) is 7.36. The summed E-state index contributed by atoms with van der Waals surface area (Å²) in [4.78, 5) is 70.7. The first-order chi connectivity index (χ1) is 24.8. The Morgan fingerprint density at radius 2 is 1.79 bits per heavy atom. The van der Waals surface area contributed by atoms with Gasteiger partial charge in [0.25, 0.3) is 0 Å². The summed E-state index contributed by atoms with van der Waals surface area (Å²) >= 11 is 0. The van der Waals surface area contributed by atoms with Crippen LogP contribution in [0.25, 0.3) is 11.1 Å². The van der Waals surface area contributed by atoms with E-state index in [9.17, 15) is 19.2 Å². The Kier molecular flexibility index (Phi) is 11.6. The number of fused-ring (bicyclic) bond motifs is 1. The number of likely N-dealkylation sites (tertiary alicyclic amines) is 1. The number of ketones is 2. The Balaban J connectivity index is 1.44. The van der Waals surface area contributed by atoms with Gasteiger partial charge >= 0.3 is 0 Å². The van der Waals surface area contributed by atoms with Gasteiger partial charge in [-0.05, 0) is 87.8 Å². The number of amides is 2. The van der Waals surface area contributed by atoms with Crippen LogP contribution in [-0.4, -0.2) is 86.1 Å². The third-order valence-electron chi connectivity index (χ3n) is 10.3. The number of pyridine rings is 1. The lowest BCUT2D eigenvalue weighted by molar-refractivity contribution is -0.137. The van der Waals surface area contributed by atoms with Crippen LogP contribution in [0, 0.1) is 31.6 Å². The number of nitrogens with zero attached hydrogens (tertiary/aromatic N) is 5. The molecule has 52 heavy (non-hydrogen) atoms. The highest BCUT2D eigenvalue weighted by Crippen LogP contribution is 2.60. The number of nitrogens with one attached hydrogen (secondary N) is 2. The quantitative estimate of drug-likeness (QED) is 0.106. The summed E-state index contributed by atoms with van der Waals surface area (Å²) in [5.74, 6) is -0.123. The second-order valence-corrected chi connectivity index (χ2v) is 14.2. The molecule has 0 radical (unpaired) electrons. The average molecular weight is 704 g/mol. The minimum atomic E-state index is -0.675. The Labute approximate surface area is 306 Å². The van der Waals surface area contributed by atoms with Crippen molar-refractivity contribution in [2.75, 3.05) is 25.5 Å². The number of carbonyl (C=O) groups excluding carboxylic acids is 4. The van der Waals surface area contributed by atoms with E-state index < -0.39 is 11.8 Å². The summed E-state index contributed by atoms with van der Waals surface area (Å²) in [6.45, 7) is 14.9. The predicted molar refractivity (Wildman–Crippen MR) is 202 cm³/mol. The molecule has 2 aromatic heterocycles. The van der Waals surface area contributed by atoms with Gasteiger partial charge in [0, 0.05) is 73.3 Å². The SMILES string of the molecule is C=CCCCC(=O)N(C)C[C@@]12C[C@H](C(=O)Cc3nc(C)ccc3C)N(C(=O)CNc3c(CC=C)cc(-c4cnc(C)nc4)cc3C(=N)C(C)=O)[C@@H]1C2. The summed E-state index contributed by atoms with van der Waals surface area (Å²) in [5.41, 5.74) is 4.88. The maximum absolute atomic E-state index is 14.3. The molecule has 1 saturated heterocycles. The van der Waals surface area contributed by atoms with Crippen molar-refractivity contribution in [3.63, 3.8) is 0 Å². The van der Waals surface area contributed by atoms with Gasteiger partial charge in [-0.25, -0.2) is 9.97 Å². The van der Waals surface area contributed by atoms with E-state index >= 15 is 0 Å².